The van der Waals surface area contributed by atoms with Crippen LogP contribution in [0.15, 0.2) is 0 Å². The molecule has 0 aromatic heterocycles. The highest BCUT2D eigenvalue weighted by Crippen LogP contribution is 2.28. The zero-order chi connectivity index (χ0) is 17.5. The lowest BCUT2D eigenvalue weighted by Crippen LogP contribution is -2.41. The first-order chi connectivity index (χ1) is 11.5. The molecule has 2 rings (SSSR count). The Labute approximate surface area is 146 Å². The second kappa shape index (κ2) is 9.64. The van der Waals surface area contributed by atoms with Gasteiger partial charge in [0, 0.05) is 38.0 Å². The third-order valence-electron chi connectivity index (χ3n) is 5.26. The Morgan fingerprint density at radius 1 is 1.08 bits per heavy atom. The molecule has 24 heavy (non-hydrogen) atoms. The molecule has 2 fully saturated rings. The summed E-state index contributed by atoms with van der Waals surface area (Å²) in [5.74, 6) is 1.18. The molecule has 5 nitrogen and oxygen atoms in total. The minimum atomic E-state index is 0.0115. The Morgan fingerprint density at radius 3 is 2.46 bits per heavy atom. The molecule has 2 aliphatic rings. The summed E-state index contributed by atoms with van der Waals surface area (Å²) >= 11 is 0. The summed E-state index contributed by atoms with van der Waals surface area (Å²) in [7, 11) is 0. The van der Waals surface area contributed by atoms with E-state index in [2.05, 4.69) is 4.90 Å². The molecule has 0 radical (unpaired) electrons. The Hall–Kier alpha value is -0.780. The molecule has 138 valence electrons. The molecule has 5 heteroatoms. The van der Waals surface area contributed by atoms with Crippen molar-refractivity contribution in [3.63, 3.8) is 0 Å². The maximum Gasteiger partial charge on any atom is 0.149 e. The number of morpholine rings is 1. The standard InChI is InChI=1S/C19H33NO4/c1-14(2)18(21)12-16-4-7-24-17(11-16)10-15(3)19(22)13-20-5-8-23-9-6-20/h14-17H,4-13H2,1-3H3. The van der Waals surface area contributed by atoms with Gasteiger partial charge in [-0.2, -0.15) is 0 Å². The summed E-state index contributed by atoms with van der Waals surface area (Å²) in [5, 5.41) is 0. The van der Waals surface area contributed by atoms with Gasteiger partial charge in [0.2, 0.25) is 0 Å². The summed E-state index contributed by atoms with van der Waals surface area (Å²) in [4.78, 5) is 26.6. The van der Waals surface area contributed by atoms with Crippen LogP contribution in [0.25, 0.3) is 0 Å². The van der Waals surface area contributed by atoms with Crippen molar-refractivity contribution >= 4 is 11.6 Å². The fraction of sp³-hybridized carbons (Fsp3) is 0.895. The lowest BCUT2D eigenvalue weighted by molar-refractivity contribution is -0.128. The first-order valence-corrected chi connectivity index (χ1v) is 9.42. The molecular weight excluding hydrogens is 306 g/mol. The summed E-state index contributed by atoms with van der Waals surface area (Å²) in [6, 6.07) is 0. The van der Waals surface area contributed by atoms with Crippen molar-refractivity contribution in [3.05, 3.63) is 0 Å². The number of hydrogen-bond acceptors (Lipinski definition) is 5. The Balaban J connectivity index is 1.74. The first-order valence-electron chi connectivity index (χ1n) is 9.42. The number of hydrogen-bond donors (Lipinski definition) is 0. The van der Waals surface area contributed by atoms with Crippen LogP contribution in [0.3, 0.4) is 0 Å². The number of ether oxygens (including phenoxy) is 2. The van der Waals surface area contributed by atoms with Gasteiger partial charge in [-0.15, -0.1) is 0 Å². The van der Waals surface area contributed by atoms with Crippen molar-refractivity contribution in [2.24, 2.45) is 17.8 Å². The normalized spacial score (nSPS) is 27.2. The average Bonchev–Trinajstić information content (AvgIpc) is 2.56. The van der Waals surface area contributed by atoms with Crippen molar-refractivity contribution in [3.8, 4) is 0 Å². The number of rotatable bonds is 8. The number of carbonyl (C=O) groups excluding carboxylic acids is 2. The molecule has 2 aliphatic heterocycles. The monoisotopic (exact) mass is 339 g/mol. The summed E-state index contributed by atoms with van der Waals surface area (Å²) in [6.07, 6.45) is 3.43. The minimum absolute atomic E-state index is 0.0115. The molecule has 3 atom stereocenters. The van der Waals surface area contributed by atoms with Crippen molar-refractivity contribution in [2.45, 2.75) is 52.6 Å². The molecule has 0 bridgehead atoms. The summed E-state index contributed by atoms with van der Waals surface area (Å²) < 4.78 is 11.2. The van der Waals surface area contributed by atoms with Gasteiger partial charge in [0.25, 0.3) is 0 Å². The molecule has 2 heterocycles. The maximum atomic E-state index is 12.4. The van der Waals surface area contributed by atoms with Gasteiger partial charge in [-0.25, -0.2) is 0 Å². The molecule has 2 saturated heterocycles. The molecule has 3 unspecified atom stereocenters. The van der Waals surface area contributed by atoms with E-state index in [1.54, 1.807) is 0 Å². The van der Waals surface area contributed by atoms with Crippen LogP contribution < -0.4 is 0 Å². The van der Waals surface area contributed by atoms with Gasteiger partial charge in [-0.1, -0.05) is 20.8 Å². The fourth-order valence-corrected chi connectivity index (χ4v) is 3.49. The zero-order valence-electron chi connectivity index (χ0n) is 15.5. The molecule has 0 spiro atoms. The van der Waals surface area contributed by atoms with E-state index in [0.717, 1.165) is 45.6 Å². The first kappa shape index (κ1) is 19.5. The largest absolute Gasteiger partial charge is 0.379 e. The highest BCUT2D eigenvalue weighted by atomic mass is 16.5. The van der Waals surface area contributed by atoms with E-state index in [4.69, 9.17) is 9.47 Å². The molecule has 0 aliphatic carbocycles. The van der Waals surface area contributed by atoms with E-state index in [-0.39, 0.29) is 17.9 Å². The van der Waals surface area contributed by atoms with Crippen LogP contribution >= 0.6 is 0 Å². The van der Waals surface area contributed by atoms with Crippen LogP contribution in [0.5, 0.6) is 0 Å². The zero-order valence-corrected chi connectivity index (χ0v) is 15.5. The number of nitrogens with zero attached hydrogens (tertiary/aromatic N) is 1. The second-order valence-electron chi connectivity index (χ2n) is 7.70. The van der Waals surface area contributed by atoms with Gasteiger partial charge in [-0.05, 0) is 25.2 Å². The van der Waals surface area contributed by atoms with E-state index in [9.17, 15) is 9.59 Å². The van der Waals surface area contributed by atoms with Crippen LogP contribution in [0, 0.1) is 17.8 Å². The SMILES string of the molecule is CC(C)C(=O)CC1CCOC(CC(C)C(=O)CN2CCOCC2)C1. The highest BCUT2D eigenvalue weighted by Gasteiger charge is 2.28. The molecule has 0 N–H and O–H groups in total. The van der Waals surface area contributed by atoms with E-state index in [1.165, 1.54) is 0 Å². The van der Waals surface area contributed by atoms with E-state index in [0.29, 0.717) is 37.1 Å². The number of carbonyl (C=O) groups is 2. The lowest BCUT2D eigenvalue weighted by Gasteiger charge is -2.32. The Morgan fingerprint density at radius 2 is 1.79 bits per heavy atom. The molecule has 0 amide bonds. The van der Waals surface area contributed by atoms with E-state index < -0.39 is 0 Å². The molecular formula is C19H33NO4. The smallest absolute Gasteiger partial charge is 0.149 e. The number of ketones is 2. The van der Waals surface area contributed by atoms with E-state index in [1.807, 2.05) is 20.8 Å². The van der Waals surface area contributed by atoms with Crippen molar-refractivity contribution in [1.82, 2.24) is 4.90 Å². The van der Waals surface area contributed by atoms with Crippen LogP contribution in [0.1, 0.15) is 46.5 Å². The minimum Gasteiger partial charge on any atom is -0.379 e. The van der Waals surface area contributed by atoms with Crippen LogP contribution in [-0.2, 0) is 19.1 Å². The van der Waals surface area contributed by atoms with Gasteiger partial charge in [-0.3, -0.25) is 14.5 Å². The lowest BCUT2D eigenvalue weighted by atomic mass is 9.85. The third-order valence-corrected chi connectivity index (χ3v) is 5.26. The van der Waals surface area contributed by atoms with Gasteiger partial charge < -0.3 is 9.47 Å². The number of Topliss-reactive ketones (excluding diaryl/α,β-unsaturated/α-hetero) is 2. The van der Waals surface area contributed by atoms with Crippen LogP contribution in [-0.4, -0.2) is 62.0 Å². The van der Waals surface area contributed by atoms with Gasteiger partial charge in [0.15, 0.2) is 0 Å². The van der Waals surface area contributed by atoms with Crippen molar-refractivity contribution in [1.29, 1.82) is 0 Å². The van der Waals surface area contributed by atoms with Crippen LogP contribution in [0.4, 0.5) is 0 Å². The van der Waals surface area contributed by atoms with Crippen molar-refractivity contribution < 1.29 is 19.1 Å². The summed E-state index contributed by atoms with van der Waals surface area (Å²) in [6.45, 7) is 10.3. The summed E-state index contributed by atoms with van der Waals surface area (Å²) in [5.41, 5.74) is 0. The van der Waals surface area contributed by atoms with Gasteiger partial charge >= 0.3 is 0 Å². The fourth-order valence-electron chi connectivity index (χ4n) is 3.49. The average molecular weight is 339 g/mol. The predicted octanol–water partition coefficient (Wildman–Crippen LogP) is 2.32. The van der Waals surface area contributed by atoms with Crippen LogP contribution in [0.2, 0.25) is 0 Å². The van der Waals surface area contributed by atoms with E-state index >= 15 is 0 Å². The highest BCUT2D eigenvalue weighted by molar-refractivity contribution is 5.82. The predicted molar refractivity (Wildman–Crippen MR) is 93.0 cm³/mol. The molecule has 0 aromatic carbocycles. The maximum absolute atomic E-state index is 12.4. The Bertz CT molecular complexity index is 418. The molecule has 0 aromatic rings. The quantitative estimate of drug-likeness (QED) is 0.679. The third kappa shape index (κ3) is 6.26. The second-order valence-corrected chi connectivity index (χ2v) is 7.70. The topological polar surface area (TPSA) is 55.8 Å². The Kier molecular flexibility index (Phi) is 7.85. The molecule has 0 saturated carbocycles. The van der Waals surface area contributed by atoms with Crippen molar-refractivity contribution in [2.75, 3.05) is 39.5 Å². The van der Waals surface area contributed by atoms with Gasteiger partial charge in [0.1, 0.15) is 11.6 Å². The van der Waals surface area contributed by atoms with Gasteiger partial charge in [0.05, 0.1) is 25.9 Å².